The molecule has 0 heterocycles. The number of nitrogen functional groups attached to an aromatic ring is 1. The lowest BCUT2D eigenvalue weighted by molar-refractivity contribution is 0.100. The fraction of sp³-hybridized carbons (Fsp3) is 0.462. The Kier molecular flexibility index (Phi) is 4.01. The number of rotatable bonds is 4. The predicted molar refractivity (Wildman–Crippen MR) is 77.9 cm³/mol. The molecule has 0 saturated heterocycles. The van der Waals surface area contributed by atoms with Gasteiger partial charge in [-0.25, -0.2) is 0 Å². The predicted octanol–water partition coefficient (Wildman–Crippen LogP) is 2.06. The number of thioether (sulfide) groups is 1. The van der Waals surface area contributed by atoms with Gasteiger partial charge in [0.1, 0.15) is 0 Å². The first-order chi connectivity index (χ1) is 8.61. The number of carbonyl (C=O) groups excluding carboxylic acids is 1. The second kappa shape index (κ2) is 5.52. The number of benzene rings is 1. The molecule has 1 amide bonds. The summed E-state index contributed by atoms with van der Waals surface area (Å²) in [4.78, 5) is 11.4. The minimum atomic E-state index is -0.420. The van der Waals surface area contributed by atoms with Crippen LogP contribution in [0.15, 0.2) is 18.2 Å². The molecular weight excluding hydrogens is 246 g/mol. The summed E-state index contributed by atoms with van der Waals surface area (Å²) in [7, 11) is 0. The van der Waals surface area contributed by atoms with Gasteiger partial charge in [0.25, 0.3) is 5.91 Å². The second-order valence-corrected chi connectivity index (χ2v) is 5.70. The van der Waals surface area contributed by atoms with Crippen LogP contribution in [0.5, 0.6) is 0 Å². The fourth-order valence-electron chi connectivity index (χ4n) is 2.47. The molecule has 1 aromatic rings. The third-order valence-electron chi connectivity index (χ3n) is 3.41. The maximum Gasteiger partial charge on any atom is 0.250 e. The molecule has 2 atom stereocenters. The fourth-order valence-corrected chi connectivity index (χ4v) is 3.40. The molecule has 1 fully saturated rings. The van der Waals surface area contributed by atoms with Crippen molar-refractivity contribution in [2.45, 2.75) is 30.6 Å². The molecule has 98 valence electrons. The van der Waals surface area contributed by atoms with Crippen molar-refractivity contribution < 1.29 is 4.79 Å². The van der Waals surface area contributed by atoms with Crippen LogP contribution in [0.2, 0.25) is 0 Å². The molecule has 2 rings (SSSR count). The van der Waals surface area contributed by atoms with Gasteiger partial charge in [-0.05, 0) is 37.3 Å². The van der Waals surface area contributed by atoms with E-state index in [1.54, 1.807) is 18.2 Å². The van der Waals surface area contributed by atoms with Crippen molar-refractivity contribution in [3.05, 3.63) is 23.8 Å². The quantitative estimate of drug-likeness (QED) is 0.728. The lowest BCUT2D eigenvalue weighted by atomic mass is 10.1. The molecule has 1 saturated carbocycles. The molecule has 1 aliphatic rings. The van der Waals surface area contributed by atoms with E-state index in [9.17, 15) is 4.79 Å². The van der Waals surface area contributed by atoms with E-state index in [1.807, 2.05) is 11.8 Å². The van der Waals surface area contributed by atoms with Gasteiger partial charge in [-0.15, -0.1) is 0 Å². The van der Waals surface area contributed by atoms with Crippen LogP contribution in [0.25, 0.3) is 0 Å². The Hall–Kier alpha value is -1.36. The molecule has 0 radical (unpaired) electrons. The van der Waals surface area contributed by atoms with E-state index in [0.29, 0.717) is 22.5 Å². The first-order valence-electron chi connectivity index (χ1n) is 6.10. The first-order valence-corrected chi connectivity index (χ1v) is 7.39. The summed E-state index contributed by atoms with van der Waals surface area (Å²) in [6.07, 6.45) is 5.68. The molecule has 5 heteroatoms. The van der Waals surface area contributed by atoms with Crippen LogP contribution < -0.4 is 16.8 Å². The highest BCUT2D eigenvalue weighted by Crippen LogP contribution is 2.32. The smallest absolute Gasteiger partial charge is 0.250 e. The van der Waals surface area contributed by atoms with E-state index >= 15 is 0 Å². The van der Waals surface area contributed by atoms with Gasteiger partial charge >= 0.3 is 0 Å². The number of nitrogens with one attached hydrogen (secondary N) is 1. The topological polar surface area (TPSA) is 81.1 Å². The maximum absolute atomic E-state index is 11.4. The molecule has 18 heavy (non-hydrogen) atoms. The van der Waals surface area contributed by atoms with E-state index in [1.165, 1.54) is 12.8 Å². The van der Waals surface area contributed by atoms with Crippen LogP contribution in [0, 0.1) is 0 Å². The van der Waals surface area contributed by atoms with Crippen LogP contribution in [0.3, 0.4) is 0 Å². The Morgan fingerprint density at radius 3 is 2.89 bits per heavy atom. The van der Waals surface area contributed by atoms with E-state index in [4.69, 9.17) is 11.5 Å². The Bertz CT molecular complexity index is 450. The van der Waals surface area contributed by atoms with Crippen molar-refractivity contribution in [2.75, 3.05) is 17.3 Å². The summed E-state index contributed by atoms with van der Waals surface area (Å²) in [5, 5.41) is 4.02. The minimum Gasteiger partial charge on any atom is -0.399 e. The second-order valence-electron chi connectivity index (χ2n) is 4.63. The monoisotopic (exact) mass is 265 g/mol. The van der Waals surface area contributed by atoms with Gasteiger partial charge in [-0.1, -0.05) is 6.42 Å². The third-order valence-corrected chi connectivity index (χ3v) is 4.58. The van der Waals surface area contributed by atoms with E-state index in [-0.39, 0.29) is 0 Å². The molecule has 5 N–H and O–H groups in total. The van der Waals surface area contributed by atoms with Gasteiger partial charge < -0.3 is 16.8 Å². The summed E-state index contributed by atoms with van der Waals surface area (Å²) in [5.74, 6) is -0.420. The van der Waals surface area contributed by atoms with Gasteiger partial charge in [-0.3, -0.25) is 4.79 Å². The number of anilines is 2. The van der Waals surface area contributed by atoms with Crippen molar-refractivity contribution in [3.8, 4) is 0 Å². The number of nitrogens with two attached hydrogens (primary N) is 2. The summed E-state index contributed by atoms with van der Waals surface area (Å²) in [6, 6.07) is 5.56. The van der Waals surface area contributed by atoms with Crippen molar-refractivity contribution in [1.82, 2.24) is 0 Å². The zero-order valence-electron chi connectivity index (χ0n) is 10.5. The normalized spacial score (nSPS) is 22.9. The molecule has 1 aliphatic carbocycles. The van der Waals surface area contributed by atoms with E-state index < -0.39 is 5.91 Å². The summed E-state index contributed by atoms with van der Waals surface area (Å²) in [5.41, 5.74) is 13.1. The van der Waals surface area contributed by atoms with Gasteiger partial charge in [0.05, 0.1) is 5.56 Å². The summed E-state index contributed by atoms with van der Waals surface area (Å²) < 4.78 is 0. The third kappa shape index (κ3) is 2.72. The molecule has 0 aromatic heterocycles. The lowest BCUT2D eigenvalue weighted by Crippen LogP contribution is -2.27. The molecule has 0 bridgehead atoms. The van der Waals surface area contributed by atoms with Crippen molar-refractivity contribution >= 4 is 29.0 Å². The average molecular weight is 265 g/mol. The number of primary amides is 1. The Morgan fingerprint density at radius 2 is 2.22 bits per heavy atom. The largest absolute Gasteiger partial charge is 0.399 e. The Morgan fingerprint density at radius 1 is 1.44 bits per heavy atom. The van der Waals surface area contributed by atoms with E-state index in [0.717, 1.165) is 12.1 Å². The van der Waals surface area contributed by atoms with Crippen molar-refractivity contribution in [1.29, 1.82) is 0 Å². The van der Waals surface area contributed by atoms with Gasteiger partial charge in [0, 0.05) is 22.7 Å². The van der Waals surface area contributed by atoms with Gasteiger partial charge in [-0.2, -0.15) is 11.8 Å². The zero-order chi connectivity index (χ0) is 13.1. The number of hydrogen-bond acceptors (Lipinski definition) is 4. The van der Waals surface area contributed by atoms with Crippen LogP contribution in [0.1, 0.15) is 29.6 Å². The SMILES string of the molecule is CSC1CCCC1Nc1cc(N)ccc1C(N)=O. The average Bonchev–Trinajstić information content (AvgIpc) is 2.76. The maximum atomic E-state index is 11.4. The standard InChI is InChI=1S/C13H19N3OS/c1-18-12-4-2-3-10(12)16-11-7-8(14)5-6-9(11)13(15)17/h5-7,10,12,16H,2-4,14H2,1H3,(H2,15,17). The Balaban J connectivity index is 2.22. The molecule has 0 aliphatic heterocycles. The van der Waals surface area contributed by atoms with Gasteiger partial charge in [0.15, 0.2) is 0 Å². The lowest BCUT2D eigenvalue weighted by Gasteiger charge is -2.22. The molecule has 4 nitrogen and oxygen atoms in total. The molecule has 1 aromatic carbocycles. The van der Waals surface area contributed by atoms with Crippen LogP contribution in [0.4, 0.5) is 11.4 Å². The summed E-state index contributed by atoms with van der Waals surface area (Å²) in [6.45, 7) is 0. The molecular formula is C13H19N3OS. The van der Waals surface area contributed by atoms with Crippen LogP contribution in [-0.2, 0) is 0 Å². The molecule has 2 unspecified atom stereocenters. The number of amides is 1. The minimum absolute atomic E-state index is 0.389. The van der Waals surface area contributed by atoms with E-state index in [2.05, 4.69) is 11.6 Å². The highest BCUT2D eigenvalue weighted by molar-refractivity contribution is 7.99. The van der Waals surface area contributed by atoms with Crippen molar-refractivity contribution in [2.24, 2.45) is 5.73 Å². The number of carbonyl (C=O) groups is 1. The summed E-state index contributed by atoms with van der Waals surface area (Å²) >= 11 is 1.87. The highest BCUT2D eigenvalue weighted by Gasteiger charge is 2.27. The van der Waals surface area contributed by atoms with Gasteiger partial charge in [0.2, 0.25) is 0 Å². The molecule has 0 spiro atoms. The Labute approximate surface area is 111 Å². The highest BCUT2D eigenvalue weighted by atomic mass is 32.2. The zero-order valence-corrected chi connectivity index (χ0v) is 11.3. The first kappa shape index (κ1) is 13.1. The number of hydrogen-bond donors (Lipinski definition) is 3. The van der Waals surface area contributed by atoms with Crippen LogP contribution in [-0.4, -0.2) is 23.5 Å². The van der Waals surface area contributed by atoms with Crippen LogP contribution >= 0.6 is 11.8 Å². The van der Waals surface area contributed by atoms with Crippen molar-refractivity contribution in [3.63, 3.8) is 0 Å².